The number of anilines is 1. The second-order valence-corrected chi connectivity index (χ2v) is 20.3. The van der Waals surface area contributed by atoms with Gasteiger partial charge in [0.15, 0.2) is 12.3 Å². The van der Waals surface area contributed by atoms with Gasteiger partial charge in [0.05, 0.1) is 25.4 Å². The van der Waals surface area contributed by atoms with Crippen LogP contribution in [0.5, 0.6) is 0 Å². The van der Waals surface area contributed by atoms with Crippen molar-refractivity contribution in [1.82, 2.24) is 9.55 Å². The van der Waals surface area contributed by atoms with Crippen molar-refractivity contribution in [2.45, 2.75) is 198 Å². The highest BCUT2D eigenvalue weighted by molar-refractivity contribution is 7.61. The summed E-state index contributed by atoms with van der Waals surface area (Å²) in [7, 11) is -11.0. The van der Waals surface area contributed by atoms with Crippen molar-refractivity contribution in [2.24, 2.45) is 0 Å². The first kappa shape index (κ1) is 62.8. The molecule has 20 nitrogen and oxygen atoms in total. The molecule has 2 rings (SSSR count). The number of allylic oxidation sites excluding steroid dienone is 7. The van der Waals surface area contributed by atoms with E-state index in [4.69, 9.17) is 29.0 Å². The fourth-order valence-corrected chi connectivity index (χ4v) is 9.28. The summed E-state index contributed by atoms with van der Waals surface area (Å²) in [5.41, 5.74) is 4.56. The lowest BCUT2D eigenvalue weighted by Crippen LogP contribution is -2.36. The molecule has 1 fully saturated rings. The van der Waals surface area contributed by atoms with E-state index in [1.54, 1.807) is 6.08 Å². The number of aliphatic hydroxyl groups is 4. The Labute approximate surface area is 413 Å². The van der Waals surface area contributed by atoms with Crippen LogP contribution in [0.2, 0.25) is 0 Å². The van der Waals surface area contributed by atoms with Gasteiger partial charge in [-0.25, -0.2) is 13.9 Å². The highest BCUT2D eigenvalue weighted by Gasteiger charge is 2.46. The lowest BCUT2D eigenvalue weighted by Gasteiger charge is -2.22. The van der Waals surface area contributed by atoms with Crippen molar-refractivity contribution >= 4 is 33.4 Å². The Bertz CT molecular complexity index is 1900. The summed E-state index contributed by atoms with van der Waals surface area (Å²) >= 11 is 0. The van der Waals surface area contributed by atoms with Crippen LogP contribution in [0.25, 0.3) is 0 Å². The molecule has 0 bridgehead atoms. The number of hydrogen-bond acceptors (Lipinski definition) is 17. The fraction of sp³-hybridized carbons (Fsp3) is 0.708. The maximum Gasteiger partial charge on any atom is 0.481 e. The van der Waals surface area contributed by atoms with Crippen LogP contribution in [-0.4, -0.2) is 108 Å². The molecule has 22 heteroatoms. The molecule has 1 aliphatic heterocycles. The van der Waals surface area contributed by atoms with Gasteiger partial charge < -0.3 is 50.2 Å². The van der Waals surface area contributed by atoms with E-state index in [1.165, 1.54) is 57.4 Å². The molecule has 1 aromatic heterocycles. The van der Waals surface area contributed by atoms with Crippen molar-refractivity contribution in [3.8, 4) is 0 Å². The van der Waals surface area contributed by atoms with Gasteiger partial charge in [-0.05, 0) is 57.4 Å². The van der Waals surface area contributed by atoms with Crippen molar-refractivity contribution in [2.75, 3.05) is 25.6 Å². The molecule has 400 valence electrons. The number of phosphoric acid groups is 2. The molecule has 2 heterocycles. The number of unbranched alkanes of at least 4 members (excludes halogenated alkanes) is 12. The van der Waals surface area contributed by atoms with E-state index in [-0.39, 0.29) is 37.9 Å². The van der Waals surface area contributed by atoms with E-state index in [0.717, 1.165) is 55.7 Å². The first-order valence-corrected chi connectivity index (χ1v) is 27.8. The van der Waals surface area contributed by atoms with Crippen molar-refractivity contribution < 1.29 is 76.5 Å². The Balaban J connectivity index is 1.88. The number of esters is 2. The molecule has 0 spiro atoms. The smallest absolute Gasteiger partial charge is 0.462 e. The second kappa shape index (κ2) is 36.5. The summed E-state index contributed by atoms with van der Waals surface area (Å²) in [6.45, 7) is 1.75. The summed E-state index contributed by atoms with van der Waals surface area (Å²) in [5.74, 6) is -1.60. The molecule has 0 aliphatic carbocycles. The normalized spacial score (nSPS) is 20.6. The topological polar surface area (TPSA) is 306 Å². The molecule has 1 aliphatic rings. The molecular formula is C48H81N3O17P2. The van der Waals surface area contributed by atoms with Crippen LogP contribution in [0, 0.1) is 0 Å². The van der Waals surface area contributed by atoms with Gasteiger partial charge in [-0.3, -0.25) is 23.2 Å². The zero-order chi connectivity index (χ0) is 51.6. The van der Waals surface area contributed by atoms with E-state index >= 15 is 0 Å². The number of carbonyl (C=O) groups is 2. The molecule has 70 heavy (non-hydrogen) atoms. The van der Waals surface area contributed by atoms with Gasteiger partial charge >= 0.3 is 33.3 Å². The van der Waals surface area contributed by atoms with Gasteiger partial charge in [0, 0.05) is 19.0 Å². The molecule has 0 radical (unpaired) electrons. The van der Waals surface area contributed by atoms with Gasteiger partial charge in [0.25, 0.3) is 0 Å². The first-order valence-electron chi connectivity index (χ1n) is 24.8. The number of nitrogens with two attached hydrogens (primary N) is 1. The maximum atomic E-state index is 12.9. The molecule has 8 N–H and O–H groups in total. The van der Waals surface area contributed by atoms with Crippen LogP contribution in [0.4, 0.5) is 5.82 Å². The monoisotopic (exact) mass is 1030 g/mol. The Morgan fingerprint density at radius 3 is 1.87 bits per heavy atom. The largest absolute Gasteiger partial charge is 0.481 e. The van der Waals surface area contributed by atoms with Crippen LogP contribution < -0.4 is 11.4 Å². The van der Waals surface area contributed by atoms with Crippen molar-refractivity contribution in [1.29, 1.82) is 0 Å². The highest BCUT2D eigenvalue weighted by atomic mass is 31.3. The lowest BCUT2D eigenvalue weighted by atomic mass is 10.0. The molecular weight excluding hydrogens is 952 g/mol. The standard InChI is InChI=1S/C48H81N3O17P2/c1-3-5-7-9-11-13-15-17-19-21-23-25-27-31-43(54)63-35-38(66-44(55)32-28-30-40(53)39(52)29-26-24-22-20-18-16-14-12-10-8-6-4-2)36-64-69(59,60)68-70(61,62)65-37-41-45(56)46(57)47(67-41)51-34-33-42(49)50-48(51)58/h6,8,12,14,18,20,24,26,33-34,38-41,45-47,52-53,56-57H,3-5,7,9-11,13,15-17,19,21-23,25,27-32,35-37H2,1-2H3,(H,59,60)(H,61,62)(H2,49,50,58)/b8-6-,14-12-,20-18-,26-24-/t38-,39-,40-,41-,45-,46-,47-/m1/s1. The predicted molar refractivity (Wildman–Crippen MR) is 264 cm³/mol. The number of carbonyl (C=O) groups excluding carboxylic acids is 2. The molecule has 9 atom stereocenters. The molecule has 2 unspecified atom stereocenters. The number of ether oxygens (including phenoxy) is 3. The summed E-state index contributed by atoms with van der Waals surface area (Å²) in [5, 5.41) is 41.8. The van der Waals surface area contributed by atoms with E-state index < -0.39 is 95.9 Å². The third kappa shape index (κ3) is 28.6. The van der Waals surface area contributed by atoms with Crippen molar-refractivity contribution in [3.63, 3.8) is 0 Å². The van der Waals surface area contributed by atoms with Crippen LogP contribution in [0.15, 0.2) is 65.7 Å². The van der Waals surface area contributed by atoms with Crippen LogP contribution in [0.3, 0.4) is 0 Å². The Morgan fingerprint density at radius 2 is 1.29 bits per heavy atom. The Kier molecular flexibility index (Phi) is 32.8. The number of aromatic nitrogens is 2. The van der Waals surface area contributed by atoms with Gasteiger partial charge in [-0.2, -0.15) is 9.29 Å². The molecule has 1 aromatic rings. The molecule has 0 saturated carbocycles. The molecule has 0 amide bonds. The average Bonchev–Trinajstić information content (AvgIpc) is 3.59. The third-order valence-electron chi connectivity index (χ3n) is 11.1. The van der Waals surface area contributed by atoms with E-state index in [0.29, 0.717) is 12.8 Å². The quantitative estimate of drug-likeness (QED) is 0.0143. The summed E-state index contributed by atoms with van der Waals surface area (Å²) < 4.78 is 56.5. The number of hydrogen-bond donors (Lipinski definition) is 7. The predicted octanol–water partition coefficient (Wildman–Crippen LogP) is 7.72. The van der Waals surface area contributed by atoms with E-state index in [1.807, 2.05) is 18.2 Å². The number of rotatable bonds is 40. The summed E-state index contributed by atoms with van der Waals surface area (Å²) in [6.07, 6.45) is 25.0. The first-order chi connectivity index (χ1) is 33.5. The SMILES string of the molecule is CC/C=C\C/C=C\C/C=C\C/C=C\C[C@@H](O)[C@H](O)CCCC(=O)O[C@H](COC(=O)CCCCCCCCCCCCCCC)COP(=O)(O)OP(=O)(O)OC[C@H]1O[C@@H](n2ccc(N)nc2=O)[C@H](O)[C@@H]1O. The highest BCUT2D eigenvalue weighted by Crippen LogP contribution is 2.60. The minimum Gasteiger partial charge on any atom is -0.462 e. The number of nitrogens with zero attached hydrogens (tertiary/aromatic N) is 2. The second-order valence-electron chi connectivity index (χ2n) is 17.2. The van der Waals surface area contributed by atoms with Crippen LogP contribution >= 0.6 is 15.6 Å². The summed E-state index contributed by atoms with van der Waals surface area (Å²) in [6, 6.07) is 1.23. The van der Waals surface area contributed by atoms with E-state index in [9.17, 15) is 53.7 Å². The molecule has 1 saturated heterocycles. The number of phosphoric ester groups is 2. The summed E-state index contributed by atoms with van der Waals surface area (Å²) in [4.78, 5) is 61.9. The van der Waals surface area contributed by atoms with Crippen molar-refractivity contribution in [3.05, 3.63) is 71.4 Å². The minimum absolute atomic E-state index is 0.0319. The minimum atomic E-state index is -5.50. The average molecular weight is 1030 g/mol. The Hall–Kier alpha value is -3.36. The third-order valence-corrected chi connectivity index (χ3v) is 13.7. The lowest BCUT2D eigenvalue weighted by molar-refractivity contribution is -0.161. The fourth-order valence-electron chi connectivity index (χ4n) is 7.17. The molecule has 0 aromatic carbocycles. The van der Waals surface area contributed by atoms with Gasteiger partial charge in [-0.1, -0.05) is 140 Å². The van der Waals surface area contributed by atoms with Gasteiger partial charge in [0.1, 0.15) is 30.7 Å². The Morgan fingerprint density at radius 1 is 0.743 bits per heavy atom. The zero-order valence-corrected chi connectivity index (χ0v) is 42.8. The number of nitrogen functional groups attached to an aromatic ring is 1. The number of aliphatic hydroxyl groups excluding tert-OH is 4. The zero-order valence-electron chi connectivity index (χ0n) is 41.0. The van der Waals surface area contributed by atoms with Crippen LogP contribution in [-0.2, 0) is 46.3 Å². The van der Waals surface area contributed by atoms with E-state index in [2.05, 4.69) is 47.4 Å². The van der Waals surface area contributed by atoms with Gasteiger partial charge in [-0.15, -0.1) is 0 Å². The van der Waals surface area contributed by atoms with Crippen LogP contribution in [0.1, 0.15) is 161 Å². The maximum absolute atomic E-state index is 12.9. The van der Waals surface area contributed by atoms with Gasteiger partial charge in [0.2, 0.25) is 0 Å².